The van der Waals surface area contributed by atoms with Crippen LogP contribution in [-0.4, -0.2) is 14.2 Å². The average Bonchev–Trinajstić information content (AvgIpc) is 2.43. The zero-order valence-corrected chi connectivity index (χ0v) is 13.1. The minimum atomic E-state index is 0.0361. The lowest BCUT2D eigenvalue weighted by molar-refractivity contribution is 0.414. The van der Waals surface area contributed by atoms with Gasteiger partial charge in [-0.1, -0.05) is 51.8 Å². The molecule has 1 N–H and O–H groups in total. The Bertz CT molecular complexity index is 574. The lowest BCUT2D eigenvalue weighted by Gasteiger charge is -2.20. The van der Waals surface area contributed by atoms with Crippen LogP contribution in [0, 0.1) is 0 Å². The summed E-state index contributed by atoms with van der Waals surface area (Å²) < 4.78 is 6.24. The van der Waals surface area contributed by atoms with Gasteiger partial charge in [0.2, 0.25) is 0 Å². The SMILES string of the molecule is CNC(c1ccc(OC)cc1Cl)c1ccccc1Br. The fourth-order valence-corrected chi connectivity index (χ4v) is 2.85. The van der Waals surface area contributed by atoms with Crippen molar-refractivity contribution in [2.75, 3.05) is 14.2 Å². The van der Waals surface area contributed by atoms with Crippen LogP contribution in [0.5, 0.6) is 5.75 Å². The van der Waals surface area contributed by atoms with E-state index >= 15 is 0 Å². The molecule has 0 aliphatic rings. The molecule has 0 fully saturated rings. The molecule has 2 aromatic rings. The van der Waals surface area contributed by atoms with Gasteiger partial charge in [0.05, 0.1) is 13.2 Å². The van der Waals surface area contributed by atoms with E-state index in [4.69, 9.17) is 16.3 Å². The van der Waals surface area contributed by atoms with Gasteiger partial charge in [-0.2, -0.15) is 0 Å². The molecule has 0 aliphatic carbocycles. The van der Waals surface area contributed by atoms with Gasteiger partial charge in [0.25, 0.3) is 0 Å². The van der Waals surface area contributed by atoms with Crippen LogP contribution in [0.2, 0.25) is 5.02 Å². The number of halogens is 2. The first kappa shape index (κ1) is 14.4. The number of nitrogens with one attached hydrogen (secondary N) is 1. The normalized spacial score (nSPS) is 12.2. The van der Waals surface area contributed by atoms with Crippen molar-refractivity contribution in [1.29, 1.82) is 0 Å². The smallest absolute Gasteiger partial charge is 0.120 e. The fraction of sp³-hybridized carbons (Fsp3) is 0.200. The van der Waals surface area contributed by atoms with Crippen LogP contribution >= 0.6 is 27.5 Å². The molecule has 0 aromatic heterocycles. The zero-order valence-electron chi connectivity index (χ0n) is 10.8. The van der Waals surface area contributed by atoms with Gasteiger partial charge in [-0.3, -0.25) is 0 Å². The quantitative estimate of drug-likeness (QED) is 0.889. The van der Waals surface area contributed by atoms with E-state index < -0.39 is 0 Å². The first-order valence-electron chi connectivity index (χ1n) is 5.92. The third-order valence-corrected chi connectivity index (χ3v) is 4.07. The van der Waals surface area contributed by atoms with Crippen molar-refractivity contribution in [3.05, 3.63) is 63.1 Å². The molecule has 0 amide bonds. The number of benzene rings is 2. The topological polar surface area (TPSA) is 21.3 Å². The second kappa shape index (κ2) is 6.42. The van der Waals surface area contributed by atoms with E-state index in [1.807, 2.05) is 43.4 Å². The van der Waals surface area contributed by atoms with E-state index in [2.05, 4.69) is 27.3 Å². The van der Waals surface area contributed by atoms with Crippen LogP contribution < -0.4 is 10.1 Å². The van der Waals surface area contributed by atoms with Crippen LogP contribution in [0.15, 0.2) is 46.9 Å². The molecule has 0 saturated heterocycles. The molecule has 1 atom stereocenters. The number of rotatable bonds is 4. The minimum Gasteiger partial charge on any atom is -0.497 e. The second-order valence-corrected chi connectivity index (χ2v) is 5.39. The van der Waals surface area contributed by atoms with Gasteiger partial charge in [0, 0.05) is 9.50 Å². The van der Waals surface area contributed by atoms with Gasteiger partial charge in [-0.25, -0.2) is 0 Å². The standard InChI is InChI=1S/C15H15BrClNO/c1-18-15(11-5-3-4-6-13(11)16)12-8-7-10(19-2)9-14(12)17/h3-9,15,18H,1-2H3. The van der Waals surface area contributed by atoms with Gasteiger partial charge in [0.15, 0.2) is 0 Å². The van der Waals surface area contributed by atoms with E-state index in [0.717, 1.165) is 21.3 Å². The summed E-state index contributed by atoms with van der Waals surface area (Å²) in [6.45, 7) is 0. The minimum absolute atomic E-state index is 0.0361. The molecule has 2 aromatic carbocycles. The maximum Gasteiger partial charge on any atom is 0.120 e. The molecule has 0 bridgehead atoms. The Morgan fingerprint density at radius 3 is 2.47 bits per heavy atom. The van der Waals surface area contributed by atoms with Crippen LogP contribution in [0.1, 0.15) is 17.2 Å². The molecule has 0 aliphatic heterocycles. The van der Waals surface area contributed by atoms with Gasteiger partial charge >= 0.3 is 0 Å². The predicted molar refractivity (Wildman–Crippen MR) is 83.0 cm³/mol. The Morgan fingerprint density at radius 1 is 1.16 bits per heavy atom. The molecule has 19 heavy (non-hydrogen) atoms. The first-order chi connectivity index (χ1) is 9.17. The van der Waals surface area contributed by atoms with E-state index in [-0.39, 0.29) is 6.04 Å². The van der Waals surface area contributed by atoms with Gasteiger partial charge < -0.3 is 10.1 Å². The molecule has 0 saturated carbocycles. The summed E-state index contributed by atoms with van der Waals surface area (Å²) in [4.78, 5) is 0. The molecule has 2 rings (SSSR count). The summed E-state index contributed by atoms with van der Waals surface area (Å²) >= 11 is 9.93. The van der Waals surface area contributed by atoms with E-state index in [0.29, 0.717) is 5.02 Å². The average molecular weight is 341 g/mol. The Kier molecular flexibility index (Phi) is 4.86. The fourth-order valence-electron chi connectivity index (χ4n) is 2.06. The summed E-state index contributed by atoms with van der Waals surface area (Å²) in [5, 5.41) is 3.99. The number of hydrogen-bond acceptors (Lipinski definition) is 2. The molecule has 0 heterocycles. The predicted octanol–water partition coefficient (Wildman–Crippen LogP) is 4.42. The van der Waals surface area contributed by atoms with E-state index in [9.17, 15) is 0 Å². The van der Waals surface area contributed by atoms with E-state index in [1.165, 1.54) is 0 Å². The highest BCUT2D eigenvalue weighted by Gasteiger charge is 2.17. The highest BCUT2D eigenvalue weighted by atomic mass is 79.9. The van der Waals surface area contributed by atoms with Crippen molar-refractivity contribution in [1.82, 2.24) is 5.32 Å². The van der Waals surface area contributed by atoms with Crippen molar-refractivity contribution >= 4 is 27.5 Å². The van der Waals surface area contributed by atoms with Crippen LogP contribution in [0.25, 0.3) is 0 Å². The Morgan fingerprint density at radius 2 is 1.89 bits per heavy atom. The molecule has 0 spiro atoms. The molecule has 2 nitrogen and oxygen atoms in total. The molecule has 100 valence electrons. The summed E-state index contributed by atoms with van der Waals surface area (Å²) in [6.07, 6.45) is 0. The zero-order chi connectivity index (χ0) is 13.8. The maximum absolute atomic E-state index is 6.35. The Hall–Kier alpha value is -1.03. The van der Waals surface area contributed by atoms with Gasteiger partial charge in [-0.15, -0.1) is 0 Å². The summed E-state index contributed by atoms with van der Waals surface area (Å²) in [5.74, 6) is 0.760. The van der Waals surface area contributed by atoms with Crippen molar-refractivity contribution < 1.29 is 4.74 Å². The molecular weight excluding hydrogens is 326 g/mol. The molecule has 1 unspecified atom stereocenters. The third-order valence-electron chi connectivity index (χ3n) is 3.02. The largest absolute Gasteiger partial charge is 0.497 e. The lowest BCUT2D eigenvalue weighted by Crippen LogP contribution is -2.18. The van der Waals surface area contributed by atoms with Crippen LogP contribution in [0.3, 0.4) is 0 Å². The third kappa shape index (κ3) is 3.11. The summed E-state index contributed by atoms with van der Waals surface area (Å²) in [7, 11) is 3.55. The van der Waals surface area contributed by atoms with Gasteiger partial charge in [-0.05, 0) is 36.4 Å². The van der Waals surface area contributed by atoms with E-state index in [1.54, 1.807) is 7.11 Å². The van der Waals surface area contributed by atoms with Crippen molar-refractivity contribution in [2.24, 2.45) is 0 Å². The second-order valence-electron chi connectivity index (χ2n) is 4.13. The number of ether oxygens (including phenoxy) is 1. The van der Waals surface area contributed by atoms with Crippen molar-refractivity contribution in [3.8, 4) is 5.75 Å². The highest BCUT2D eigenvalue weighted by molar-refractivity contribution is 9.10. The number of hydrogen-bond donors (Lipinski definition) is 1. The number of methoxy groups -OCH3 is 1. The van der Waals surface area contributed by atoms with Crippen LogP contribution in [0.4, 0.5) is 0 Å². The van der Waals surface area contributed by atoms with Crippen molar-refractivity contribution in [3.63, 3.8) is 0 Å². The highest BCUT2D eigenvalue weighted by Crippen LogP contribution is 2.33. The summed E-state index contributed by atoms with van der Waals surface area (Å²) in [6, 6.07) is 13.9. The Labute approximate surface area is 126 Å². The molecule has 0 radical (unpaired) electrons. The van der Waals surface area contributed by atoms with Crippen molar-refractivity contribution in [2.45, 2.75) is 6.04 Å². The molecule has 4 heteroatoms. The summed E-state index contributed by atoms with van der Waals surface area (Å²) in [5.41, 5.74) is 2.17. The Balaban J connectivity index is 2.46. The first-order valence-corrected chi connectivity index (χ1v) is 7.09. The monoisotopic (exact) mass is 339 g/mol. The lowest BCUT2D eigenvalue weighted by atomic mass is 9.99. The molecular formula is C15H15BrClNO. The maximum atomic E-state index is 6.35. The van der Waals surface area contributed by atoms with Gasteiger partial charge in [0.1, 0.15) is 5.75 Å². The van der Waals surface area contributed by atoms with Crippen LogP contribution in [-0.2, 0) is 0 Å².